The first-order valence-corrected chi connectivity index (χ1v) is 29.3. The molecule has 19 nitrogen and oxygen atoms in total. The topological polar surface area (TPSA) is 263 Å². The normalized spacial score (nSPS) is 12.4. The number of ether oxygens (including phenoxy) is 4. The fraction of sp³-hybridized carbons (Fsp3) is 0.453. The molecule has 83 heavy (non-hydrogen) atoms. The molecule has 19 heteroatoms. The highest BCUT2D eigenvalue weighted by molar-refractivity contribution is 5.90. The van der Waals surface area contributed by atoms with Gasteiger partial charge in [-0.2, -0.15) is 0 Å². The molecule has 3 unspecified atom stereocenters. The van der Waals surface area contributed by atoms with Crippen molar-refractivity contribution in [3.63, 3.8) is 0 Å². The van der Waals surface area contributed by atoms with Gasteiger partial charge in [-0.15, -0.1) is 0 Å². The van der Waals surface area contributed by atoms with Gasteiger partial charge < -0.3 is 56.8 Å². The molecule has 6 rings (SSSR count). The van der Waals surface area contributed by atoms with Gasteiger partial charge >= 0.3 is 0 Å². The molecule has 0 bridgehead atoms. The van der Waals surface area contributed by atoms with Crippen LogP contribution in [0.4, 0.5) is 11.6 Å². The number of benzene rings is 2. The smallest absolute Gasteiger partial charge is 0.243 e. The lowest BCUT2D eigenvalue weighted by atomic mass is 10.0. The molecule has 0 radical (unpaired) electrons. The summed E-state index contributed by atoms with van der Waals surface area (Å²) in [6.07, 6.45) is 11.8. The van der Waals surface area contributed by atoms with Crippen molar-refractivity contribution in [2.45, 2.75) is 135 Å². The number of primary amides is 1. The molecule has 0 aliphatic rings. The monoisotopic (exact) mass is 1140 g/mol. The predicted octanol–water partition coefficient (Wildman–Crippen LogP) is 8.42. The van der Waals surface area contributed by atoms with E-state index in [0.717, 1.165) is 90.0 Å². The van der Waals surface area contributed by atoms with E-state index in [4.69, 9.17) is 50.4 Å². The molecule has 4 aromatic heterocycles. The Balaban J connectivity index is 1.17. The third kappa shape index (κ3) is 25.5. The highest BCUT2D eigenvalue weighted by Gasteiger charge is 2.20. The molecular weight excluding hydrogens is 1050 g/mol. The first kappa shape index (κ1) is 65.1. The van der Waals surface area contributed by atoms with Crippen molar-refractivity contribution in [3.8, 4) is 5.75 Å². The van der Waals surface area contributed by atoms with Crippen molar-refractivity contribution in [3.05, 3.63) is 173 Å². The first-order valence-electron chi connectivity index (χ1n) is 29.3. The van der Waals surface area contributed by atoms with Crippen LogP contribution in [0.1, 0.15) is 135 Å². The molecule has 2 aromatic carbocycles. The number of nitrogens with two attached hydrogens (primary N) is 2. The van der Waals surface area contributed by atoms with Gasteiger partial charge in [0.15, 0.2) is 0 Å². The van der Waals surface area contributed by atoms with E-state index >= 15 is 0 Å². The van der Waals surface area contributed by atoms with Gasteiger partial charge in [-0.25, -0.2) is 9.97 Å². The molecule has 0 saturated heterocycles. The Labute approximate surface area is 490 Å². The summed E-state index contributed by atoms with van der Waals surface area (Å²) in [7, 11) is 0. The van der Waals surface area contributed by atoms with E-state index < -0.39 is 12.1 Å². The Bertz CT molecular complexity index is 2660. The molecule has 446 valence electrons. The Morgan fingerprint density at radius 1 is 0.590 bits per heavy atom. The van der Waals surface area contributed by atoms with Crippen LogP contribution in [0.3, 0.4) is 0 Å². The van der Waals surface area contributed by atoms with Gasteiger partial charge in [-0.05, 0) is 109 Å². The molecule has 4 heterocycles. The van der Waals surface area contributed by atoms with Crippen LogP contribution in [0.25, 0.3) is 0 Å². The average molecular weight is 1140 g/mol. The van der Waals surface area contributed by atoms with Gasteiger partial charge in [0.2, 0.25) is 17.7 Å². The molecule has 3 atom stereocenters. The zero-order valence-electron chi connectivity index (χ0n) is 48.5. The van der Waals surface area contributed by atoms with E-state index in [-0.39, 0.29) is 56.9 Å². The molecule has 0 aliphatic carbocycles. The zero-order valence-corrected chi connectivity index (χ0v) is 48.5. The Morgan fingerprint density at radius 3 is 1.65 bits per heavy atom. The second-order valence-electron chi connectivity index (χ2n) is 20.5. The van der Waals surface area contributed by atoms with Crippen LogP contribution in [0.2, 0.25) is 0 Å². The fourth-order valence-electron chi connectivity index (χ4n) is 9.21. The van der Waals surface area contributed by atoms with Crippen LogP contribution in [-0.4, -0.2) is 107 Å². The van der Waals surface area contributed by atoms with Crippen molar-refractivity contribution in [2.24, 2.45) is 11.5 Å². The number of pyridine rings is 4. The number of nitrogens with one attached hydrogen (secondary N) is 4. The molecular formula is C64H87N11O8. The van der Waals surface area contributed by atoms with Gasteiger partial charge in [0.05, 0.1) is 63.1 Å². The van der Waals surface area contributed by atoms with Crippen LogP contribution in [-0.2, 0) is 67.6 Å². The highest BCUT2D eigenvalue weighted by Crippen LogP contribution is 2.24. The largest absolute Gasteiger partial charge is 0.494 e. The van der Waals surface area contributed by atoms with E-state index in [0.29, 0.717) is 95.4 Å². The van der Waals surface area contributed by atoms with Gasteiger partial charge in [0, 0.05) is 82.2 Å². The first-order chi connectivity index (χ1) is 40.6. The SMILES string of the molecule is CCCCCC(=O)Nc1cccc(CC(NCc2cc(CNC(Cc3cccc(NC(=O)CCCCC)n3)c3ccccn3)cc(OCCCCN(Cc3ccc(CN)cc3)C(O)COCCOCCOCC(N)=O)c2)c2ccccn2)n1. The van der Waals surface area contributed by atoms with Crippen LogP contribution in [0, 0.1) is 0 Å². The number of amides is 3. The number of carbonyl (C=O) groups is 3. The maximum atomic E-state index is 12.8. The number of nitrogens with zero attached hydrogens (tertiary/aromatic N) is 5. The number of carbonyl (C=O) groups excluding carboxylic acids is 3. The second-order valence-corrected chi connectivity index (χ2v) is 20.5. The Morgan fingerprint density at radius 2 is 1.13 bits per heavy atom. The maximum absolute atomic E-state index is 12.8. The molecule has 0 fully saturated rings. The predicted molar refractivity (Wildman–Crippen MR) is 323 cm³/mol. The molecule has 9 N–H and O–H groups in total. The van der Waals surface area contributed by atoms with Crippen LogP contribution < -0.4 is 37.5 Å². The molecule has 6 aromatic rings. The minimum absolute atomic E-state index is 0.0413. The average Bonchev–Trinajstić information content (AvgIpc) is 3.58. The number of aromatic nitrogens is 4. The summed E-state index contributed by atoms with van der Waals surface area (Å²) in [6, 6.07) is 37.1. The van der Waals surface area contributed by atoms with Crippen LogP contribution in [0.15, 0.2) is 128 Å². The summed E-state index contributed by atoms with van der Waals surface area (Å²) >= 11 is 0. The van der Waals surface area contributed by atoms with Gasteiger partial charge in [0.1, 0.15) is 30.2 Å². The van der Waals surface area contributed by atoms with E-state index in [1.165, 1.54) is 0 Å². The third-order valence-corrected chi connectivity index (χ3v) is 13.6. The summed E-state index contributed by atoms with van der Waals surface area (Å²) in [5.74, 6) is 1.15. The second kappa shape index (κ2) is 37.9. The summed E-state index contributed by atoms with van der Waals surface area (Å²) in [4.78, 5) is 57.6. The Hall–Kier alpha value is -7.07. The standard InChI is InChI=1S/C64H87N11O8/c1-3-5-7-23-62(77)73-60-21-15-17-52(71-60)40-57(55-19-9-11-29-67-55)69-43-50-37-51(44-70-58(56-20-10-12-30-68-56)41-53-18-16-22-61(72-53)74-63(78)24-8-6-4-2)39-54(38-50)83-32-14-13-31-75(45-49-27-25-48(42-65)26-28-49)64(79)47-82-36-34-80-33-35-81-46-59(66)76/h9-12,15-22,25-30,37-39,57-58,64,69-70,79H,3-8,13-14,23-24,31-36,40-47,65H2,1-2H3,(H2,66,76)(H,71,73,77)(H,72,74,78). The number of hydrogen-bond donors (Lipinski definition) is 7. The van der Waals surface area contributed by atoms with Gasteiger partial charge in [-0.1, -0.05) is 94.1 Å². The van der Waals surface area contributed by atoms with Crippen molar-refractivity contribution < 1.29 is 38.4 Å². The van der Waals surface area contributed by atoms with Crippen molar-refractivity contribution in [1.29, 1.82) is 0 Å². The minimum Gasteiger partial charge on any atom is -0.494 e. The number of anilines is 2. The summed E-state index contributed by atoms with van der Waals surface area (Å²) in [6.45, 7) is 8.17. The summed E-state index contributed by atoms with van der Waals surface area (Å²) in [5.41, 5.74) is 18.4. The maximum Gasteiger partial charge on any atom is 0.243 e. The summed E-state index contributed by atoms with van der Waals surface area (Å²) in [5, 5.41) is 25.0. The molecule has 0 aliphatic heterocycles. The molecule has 0 saturated carbocycles. The minimum atomic E-state index is -0.880. The van der Waals surface area contributed by atoms with Crippen molar-refractivity contribution >= 4 is 29.4 Å². The lowest BCUT2D eigenvalue weighted by Gasteiger charge is -2.28. The van der Waals surface area contributed by atoms with Crippen LogP contribution in [0.5, 0.6) is 5.75 Å². The number of unbranched alkanes of at least 4 members (excludes halogenated alkanes) is 5. The van der Waals surface area contributed by atoms with Crippen LogP contribution >= 0.6 is 0 Å². The van der Waals surface area contributed by atoms with Crippen molar-refractivity contribution in [1.82, 2.24) is 35.5 Å². The van der Waals surface area contributed by atoms with E-state index in [1.54, 1.807) is 12.4 Å². The Kier molecular flexibility index (Phi) is 29.7. The number of hydrogen-bond acceptors (Lipinski definition) is 16. The fourth-order valence-corrected chi connectivity index (χ4v) is 9.21. The van der Waals surface area contributed by atoms with Gasteiger partial charge in [0.25, 0.3) is 0 Å². The van der Waals surface area contributed by atoms with Crippen molar-refractivity contribution in [2.75, 3.05) is 63.4 Å². The number of aliphatic hydroxyl groups is 1. The molecule has 3 amide bonds. The van der Waals surface area contributed by atoms with Gasteiger partial charge in [-0.3, -0.25) is 29.3 Å². The van der Waals surface area contributed by atoms with E-state index in [9.17, 15) is 19.5 Å². The lowest BCUT2D eigenvalue weighted by molar-refractivity contribution is -0.123. The van der Waals surface area contributed by atoms with E-state index in [1.807, 2.05) is 102 Å². The third-order valence-electron chi connectivity index (χ3n) is 13.6. The van der Waals surface area contributed by atoms with E-state index in [2.05, 4.69) is 53.3 Å². The number of rotatable bonds is 42. The lowest BCUT2D eigenvalue weighted by Crippen LogP contribution is -2.39. The highest BCUT2D eigenvalue weighted by atomic mass is 16.5. The quantitative estimate of drug-likeness (QED) is 0.0140. The summed E-state index contributed by atoms with van der Waals surface area (Å²) < 4.78 is 23.1. The molecule has 0 spiro atoms. The number of aliphatic hydroxyl groups excluding tert-OH is 1. The zero-order chi connectivity index (χ0) is 58.7.